The van der Waals surface area contributed by atoms with Gasteiger partial charge in [-0.1, -0.05) is 5.16 Å². The highest BCUT2D eigenvalue weighted by atomic mass is 79.9. The van der Waals surface area contributed by atoms with Crippen molar-refractivity contribution in [1.82, 2.24) is 15.1 Å². The molecule has 8 heteroatoms. The van der Waals surface area contributed by atoms with Gasteiger partial charge in [0.1, 0.15) is 10.6 Å². The number of anilines is 1. The van der Waals surface area contributed by atoms with E-state index in [4.69, 9.17) is 10.3 Å². The Labute approximate surface area is 135 Å². The number of hydrogen-bond acceptors (Lipinski definition) is 6. The lowest BCUT2D eigenvalue weighted by Crippen LogP contribution is -1.89. The number of halogens is 2. The van der Waals surface area contributed by atoms with Crippen molar-refractivity contribution in [3.8, 4) is 22.3 Å². The second kappa shape index (κ2) is 5.27. The molecule has 20 heavy (non-hydrogen) atoms. The van der Waals surface area contributed by atoms with Crippen molar-refractivity contribution in [3.63, 3.8) is 0 Å². The van der Waals surface area contributed by atoms with Gasteiger partial charge in [-0.2, -0.15) is 4.98 Å². The zero-order valence-corrected chi connectivity index (χ0v) is 14.2. The highest BCUT2D eigenvalue weighted by Crippen LogP contribution is 2.35. The number of hydrogen-bond donors (Lipinski definition) is 1. The monoisotopic (exact) mass is 414 g/mol. The quantitative estimate of drug-likeness (QED) is 0.675. The zero-order chi connectivity index (χ0) is 14.3. The minimum absolute atomic E-state index is 0.409. The fourth-order valence-electron chi connectivity index (χ4n) is 1.61. The number of aryl methyl sites for hydroxylation is 1. The Kier molecular flexibility index (Phi) is 3.61. The zero-order valence-electron chi connectivity index (χ0n) is 10.2. The SMILES string of the molecule is Cc1csc(-c2nc(-c3ncc(Br)cc3Br)no2)c1N. The summed E-state index contributed by atoms with van der Waals surface area (Å²) in [6, 6.07) is 1.88. The van der Waals surface area contributed by atoms with Crippen molar-refractivity contribution in [3.05, 3.63) is 32.2 Å². The fourth-order valence-corrected chi connectivity index (χ4v) is 3.67. The van der Waals surface area contributed by atoms with E-state index in [1.807, 2.05) is 18.4 Å². The molecule has 0 spiro atoms. The number of nitrogen functional groups attached to an aromatic ring is 1. The Bertz CT molecular complexity index is 784. The molecule has 0 radical (unpaired) electrons. The van der Waals surface area contributed by atoms with Crippen molar-refractivity contribution in [2.45, 2.75) is 6.92 Å². The van der Waals surface area contributed by atoms with E-state index in [0.29, 0.717) is 23.1 Å². The maximum absolute atomic E-state index is 5.98. The first-order valence-electron chi connectivity index (χ1n) is 5.55. The van der Waals surface area contributed by atoms with Gasteiger partial charge in [-0.15, -0.1) is 11.3 Å². The summed E-state index contributed by atoms with van der Waals surface area (Å²) in [6.45, 7) is 1.94. The third-order valence-electron chi connectivity index (χ3n) is 2.66. The second-order valence-corrected chi connectivity index (χ2v) is 6.72. The highest BCUT2D eigenvalue weighted by Gasteiger charge is 2.18. The molecule has 3 aromatic heterocycles. The van der Waals surface area contributed by atoms with Crippen LogP contribution in [-0.2, 0) is 0 Å². The van der Waals surface area contributed by atoms with E-state index in [2.05, 4.69) is 47.0 Å². The fraction of sp³-hybridized carbons (Fsp3) is 0.0833. The third kappa shape index (κ3) is 2.38. The number of aromatic nitrogens is 3. The van der Waals surface area contributed by atoms with Crippen LogP contribution in [0.5, 0.6) is 0 Å². The molecule has 2 N–H and O–H groups in total. The summed E-state index contributed by atoms with van der Waals surface area (Å²) in [5, 5.41) is 5.92. The number of nitrogens with zero attached hydrogens (tertiary/aromatic N) is 3. The summed E-state index contributed by atoms with van der Waals surface area (Å²) >= 11 is 8.27. The Morgan fingerprint density at radius 3 is 2.80 bits per heavy atom. The van der Waals surface area contributed by atoms with Crippen LogP contribution in [0.15, 0.2) is 31.1 Å². The van der Waals surface area contributed by atoms with Crippen molar-refractivity contribution in [2.75, 3.05) is 5.73 Å². The van der Waals surface area contributed by atoms with Crippen molar-refractivity contribution in [2.24, 2.45) is 0 Å². The van der Waals surface area contributed by atoms with E-state index in [1.54, 1.807) is 6.20 Å². The maximum atomic E-state index is 5.98. The van der Waals surface area contributed by atoms with Gasteiger partial charge in [-0.25, -0.2) is 0 Å². The summed E-state index contributed by atoms with van der Waals surface area (Å²) in [5.74, 6) is 0.831. The number of nitrogens with two attached hydrogens (primary N) is 1. The highest BCUT2D eigenvalue weighted by molar-refractivity contribution is 9.11. The molecule has 5 nitrogen and oxygen atoms in total. The van der Waals surface area contributed by atoms with Crippen LogP contribution >= 0.6 is 43.2 Å². The van der Waals surface area contributed by atoms with Gasteiger partial charge in [-0.05, 0) is 55.8 Å². The molecule has 0 fully saturated rings. The molecular formula is C12H8Br2N4OS. The van der Waals surface area contributed by atoms with Crippen molar-refractivity contribution in [1.29, 1.82) is 0 Å². The molecule has 0 aromatic carbocycles. The van der Waals surface area contributed by atoms with Crippen molar-refractivity contribution < 1.29 is 4.52 Å². The lowest BCUT2D eigenvalue weighted by atomic mass is 10.3. The van der Waals surface area contributed by atoms with E-state index in [1.165, 1.54) is 11.3 Å². The summed E-state index contributed by atoms with van der Waals surface area (Å²) in [5.41, 5.74) is 8.29. The lowest BCUT2D eigenvalue weighted by molar-refractivity contribution is 0.433. The predicted octanol–water partition coefficient (Wildman–Crippen LogP) is 4.28. The number of pyridine rings is 1. The van der Waals surface area contributed by atoms with Gasteiger partial charge in [0.25, 0.3) is 5.89 Å². The number of rotatable bonds is 2. The standard InChI is InChI=1S/C12H8Br2N4OS/c1-5-4-20-10(8(5)15)12-17-11(18-19-12)9-7(14)2-6(13)3-16-9/h2-4H,15H2,1H3. The molecule has 0 aliphatic heterocycles. The molecule has 0 bridgehead atoms. The van der Waals surface area contributed by atoms with Gasteiger partial charge in [0.15, 0.2) is 0 Å². The Hall–Kier alpha value is -1.25. The van der Waals surface area contributed by atoms with Gasteiger partial charge >= 0.3 is 0 Å². The van der Waals surface area contributed by atoms with E-state index >= 15 is 0 Å². The summed E-state index contributed by atoms with van der Waals surface area (Å²) in [6.07, 6.45) is 1.68. The molecule has 0 aliphatic carbocycles. The topological polar surface area (TPSA) is 77.8 Å². The van der Waals surface area contributed by atoms with Crippen LogP contribution in [0.2, 0.25) is 0 Å². The lowest BCUT2D eigenvalue weighted by Gasteiger charge is -1.97. The van der Waals surface area contributed by atoms with Gasteiger partial charge in [0.2, 0.25) is 5.82 Å². The van der Waals surface area contributed by atoms with Crippen LogP contribution in [-0.4, -0.2) is 15.1 Å². The maximum Gasteiger partial charge on any atom is 0.270 e. The molecule has 0 saturated heterocycles. The van der Waals surface area contributed by atoms with E-state index in [0.717, 1.165) is 19.4 Å². The molecular weight excluding hydrogens is 408 g/mol. The summed E-state index contributed by atoms with van der Waals surface area (Å²) < 4.78 is 6.94. The van der Waals surface area contributed by atoms with E-state index < -0.39 is 0 Å². The Balaban J connectivity index is 2.04. The van der Waals surface area contributed by atoms with Crippen LogP contribution in [0.4, 0.5) is 5.69 Å². The smallest absolute Gasteiger partial charge is 0.270 e. The van der Waals surface area contributed by atoms with E-state index in [9.17, 15) is 0 Å². The van der Waals surface area contributed by atoms with Crippen molar-refractivity contribution >= 4 is 48.9 Å². The van der Waals surface area contributed by atoms with Gasteiger partial charge in [0, 0.05) is 15.1 Å². The van der Waals surface area contributed by atoms with Crippen LogP contribution in [0.1, 0.15) is 5.56 Å². The molecule has 0 aliphatic rings. The molecule has 0 saturated carbocycles. The summed E-state index contributed by atoms with van der Waals surface area (Å²) in [7, 11) is 0. The molecule has 0 unspecified atom stereocenters. The molecule has 3 aromatic rings. The van der Waals surface area contributed by atoms with Gasteiger partial charge in [-0.3, -0.25) is 4.98 Å². The van der Waals surface area contributed by atoms with Crippen LogP contribution < -0.4 is 5.73 Å². The molecule has 3 heterocycles. The van der Waals surface area contributed by atoms with Gasteiger partial charge < -0.3 is 10.3 Å². The summed E-state index contributed by atoms with van der Waals surface area (Å²) in [4.78, 5) is 9.42. The first-order valence-corrected chi connectivity index (χ1v) is 8.02. The Morgan fingerprint density at radius 1 is 1.35 bits per heavy atom. The first kappa shape index (κ1) is 13.7. The van der Waals surface area contributed by atoms with Crippen LogP contribution in [0.3, 0.4) is 0 Å². The second-order valence-electron chi connectivity index (χ2n) is 4.07. The minimum atomic E-state index is 0.409. The Morgan fingerprint density at radius 2 is 2.15 bits per heavy atom. The minimum Gasteiger partial charge on any atom is -0.397 e. The third-order valence-corrected chi connectivity index (χ3v) is 4.80. The predicted molar refractivity (Wildman–Crippen MR) is 85.4 cm³/mol. The number of thiophene rings is 1. The molecule has 102 valence electrons. The normalized spacial score (nSPS) is 10.9. The van der Waals surface area contributed by atoms with E-state index in [-0.39, 0.29) is 0 Å². The van der Waals surface area contributed by atoms with Gasteiger partial charge in [0.05, 0.1) is 5.69 Å². The van der Waals surface area contributed by atoms with Crippen LogP contribution in [0.25, 0.3) is 22.3 Å². The average Bonchev–Trinajstić information content (AvgIpc) is 2.98. The molecule has 0 atom stereocenters. The first-order chi connectivity index (χ1) is 9.56. The largest absolute Gasteiger partial charge is 0.397 e. The van der Waals surface area contributed by atoms with Crippen LogP contribution in [0, 0.1) is 6.92 Å². The molecule has 0 amide bonds. The average molecular weight is 416 g/mol. The molecule has 3 rings (SSSR count).